The van der Waals surface area contributed by atoms with E-state index in [0.717, 1.165) is 32.1 Å². The zero-order valence-electron chi connectivity index (χ0n) is 21.0. The zero-order valence-corrected chi connectivity index (χ0v) is 21.0. The van der Waals surface area contributed by atoms with Gasteiger partial charge in [0.1, 0.15) is 11.6 Å². The Morgan fingerprint density at radius 3 is 2.37 bits per heavy atom. The maximum atomic E-state index is 14.2. The molecule has 5 aliphatic rings. The van der Waals surface area contributed by atoms with Crippen LogP contribution >= 0.6 is 0 Å². The molecule has 1 N–H and O–H groups in total. The molecule has 0 bridgehead atoms. The molecule has 4 heterocycles. The Morgan fingerprint density at radius 1 is 0.943 bits per heavy atom. The summed E-state index contributed by atoms with van der Waals surface area (Å²) in [5.41, 5.74) is -2.16. The van der Waals surface area contributed by atoms with Crippen LogP contribution in [0.5, 0.6) is 0 Å². The number of likely N-dealkylation sites (tertiary alicyclic amines) is 1. The number of hydrogen-bond donors (Lipinski definition) is 1. The third-order valence-electron chi connectivity index (χ3n) is 8.90. The third-order valence-corrected chi connectivity index (χ3v) is 8.90. The molecule has 8 heteroatoms. The maximum Gasteiger partial charge on any atom is 0.249 e. The number of fused-ring (bicyclic) bond motifs is 2. The first kappa shape index (κ1) is 24.5. The lowest BCUT2D eigenvalue weighted by atomic mass is 9.73. The van der Waals surface area contributed by atoms with Gasteiger partial charge in [0.05, 0.1) is 24.0 Å². The Kier molecular flexibility index (Phi) is 6.55. The van der Waals surface area contributed by atoms with Crippen molar-refractivity contribution in [2.45, 2.75) is 82.1 Å². The van der Waals surface area contributed by atoms with Crippen LogP contribution in [0.3, 0.4) is 0 Å². The van der Waals surface area contributed by atoms with E-state index in [-0.39, 0.29) is 36.9 Å². The van der Waals surface area contributed by atoms with E-state index >= 15 is 0 Å². The van der Waals surface area contributed by atoms with E-state index in [1.807, 2.05) is 48.0 Å². The first-order valence-electron chi connectivity index (χ1n) is 13.5. The molecule has 4 aliphatic heterocycles. The second-order valence-electron chi connectivity index (χ2n) is 10.7. The van der Waals surface area contributed by atoms with Gasteiger partial charge in [0.2, 0.25) is 17.7 Å². The minimum absolute atomic E-state index is 0.0533. The minimum Gasteiger partial charge on any atom is -0.395 e. The molecule has 0 radical (unpaired) electrons. The van der Waals surface area contributed by atoms with Crippen LogP contribution < -0.4 is 0 Å². The number of β-amino-alcohol motifs (C(OH)–C–C–N with tert-alkyl or cyclic N) is 1. The number of aliphatic hydroxyl groups excluding tert-OH is 1. The van der Waals surface area contributed by atoms with Crippen molar-refractivity contribution in [3.05, 3.63) is 24.3 Å². The van der Waals surface area contributed by atoms with Crippen molar-refractivity contribution in [1.82, 2.24) is 14.7 Å². The molecular weight excluding hydrogens is 446 g/mol. The summed E-state index contributed by atoms with van der Waals surface area (Å²) in [6, 6.07) is -0.723. The normalized spacial score (nSPS) is 37.4. The molecule has 2 saturated heterocycles. The maximum absolute atomic E-state index is 14.2. The van der Waals surface area contributed by atoms with Gasteiger partial charge in [-0.2, -0.15) is 0 Å². The van der Waals surface area contributed by atoms with Gasteiger partial charge in [-0.25, -0.2) is 0 Å². The minimum atomic E-state index is -1.22. The van der Waals surface area contributed by atoms with Crippen LogP contribution in [0.2, 0.25) is 0 Å². The van der Waals surface area contributed by atoms with Crippen LogP contribution in [0, 0.1) is 11.8 Å². The first-order chi connectivity index (χ1) is 16.9. The first-order valence-corrected chi connectivity index (χ1v) is 13.5. The summed E-state index contributed by atoms with van der Waals surface area (Å²) in [7, 11) is 0. The Balaban J connectivity index is 1.61. The molecule has 5 atom stereocenters. The predicted molar refractivity (Wildman–Crippen MR) is 130 cm³/mol. The van der Waals surface area contributed by atoms with Gasteiger partial charge in [-0.05, 0) is 25.7 Å². The van der Waals surface area contributed by atoms with Gasteiger partial charge in [-0.3, -0.25) is 14.4 Å². The molecule has 1 saturated carbocycles. The molecule has 0 aromatic carbocycles. The van der Waals surface area contributed by atoms with Crippen molar-refractivity contribution in [1.29, 1.82) is 0 Å². The molecule has 35 heavy (non-hydrogen) atoms. The highest BCUT2D eigenvalue weighted by Gasteiger charge is 2.75. The van der Waals surface area contributed by atoms with Crippen molar-refractivity contribution >= 4 is 17.7 Å². The fourth-order valence-electron chi connectivity index (χ4n) is 7.37. The number of nitrogens with zero attached hydrogens (tertiary/aromatic N) is 3. The van der Waals surface area contributed by atoms with Gasteiger partial charge in [0.15, 0.2) is 0 Å². The molecule has 1 aliphatic carbocycles. The van der Waals surface area contributed by atoms with Gasteiger partial charge >= 0.3 is 0 Å². The smallest absolute Gasteiger partial charge is 0.249 e. The third kappa shape index (κ3) is 3.58. The van der Waals surface area contributed by atoms with Gasteiger partial charge in [0.25, 0.3) is 0 Å². The van der Waals surface area contributed by atoms with Crippen molar-refractivity contribution < 1.29 is 24.2 Å². The average molecular weight is 486 g/mol. The quantitative estimate of drug-likeness (QED) is 0.580. The average Bonchev–Trinajstić information content (AvgIpc) is 3.15. The Bertz CT molecular complexity index is 928. The zero-order chi connectivity index (χ0) is 24.8. The van der Waals surface area contributed by atoms with Crippen molar-refractivity contribution in [3.8, 4) is 0 Å². The fraction of sp³-hybridized carbons (Fsp3) is 0.741. The van der Waals surface area contributed by atoms with E-state index in [2.05, 4.69) is 0 Å². The molecule has 5 rings (SSSR count). The van der Waals surface area contributed by atoms with E-state index in [1.165, 1.54) is 11.3 Å². The molecule has 3 amide bonds. The van der Waals surface area contributed by atoms with E-state index < -0.39 is 29.1 Å². The van der Waals surface area contributed by atoms with E-state index in [0.29, 0.717) is 26.1 Å². The Hall–Kier alpha value is -2.19. The Morgan fingerprint density at radius 2 is 1.69 bits per heavy atom. The second kappa shape index (κ2) is 9.36. The van der Waals surface area contributed by atoms with Crippen LogP contribution in [-0.2, 0) is 19.1 Å². The van der Waals surface area contributed by atoms with Gasteiger partial charge in [-0.15, -0.1) is 0 Å². The van der Waals surface area contributed by atoms with Crippen LogP contribution in [0.15, 0.2) is 24.3 Å². The monoisotopic (exact) mass is 485 g/mol. The predicted octanol–water partition coefficient (Wildman–Crippen LogP) is 1.88. The molecule has 8 nitrogen and oxygen atoms in total. The van der Waals surface area contributed by atoms with Crippen LogP contribution in [-0.4, -0.2) is 93.6 Å². The molecule has 1 spiro atoms. The molecular formula is C27H39N3O5. The van der Waals surface area contributed by atoms with Crippen molar-refractivity contribution in [2.75, 3.05) is 32.8 Å². The Labute approximate surface area is 207 Å². The summed E-state index contributed by atoms with van der Waals surface area (Å²) in [5.74, 6) is -1.94. The summed E-state index contributed by atoms with van der Waals surface area (Å²) in [6.07, 6.45) is 14.5. The highest BCUT2D eigenvalue weighted by molar-refractivity contribution is 6.00. The molecule has 192 valence electrons. The fourth-order valence-corrected chi connectivity index (χ4v) is 7.37. The summed E-state index contributed by atoms with van der Waals surface area (Å²) in [4.78, 5) is 47.5. The number of aliphatic hydroxyl groups is 1. The lowest BCUT2D eigenvalue weighted by Gasteiger charge is -2.40. The number of ether oxygens (including phenoxy) is 1. The summed E-state index contributed by atoms with van der Waals surface area (Å²) < 4.78 is 6.91. The summed E-state index contributed by atoms with van der Waals surface area (Å²) in [6.45, 7) is 5.42. The van der Waals surface area contributed by atoms with Crippen LogP contribution in [0.25, 0.3) is 0 Å². The standard InChI is InChI=1S/C27H39N3O5/c1-3-14-28-15-8-12-26(4-2)20(23(28)32)21-24(33)30(17-18-31)22-25(34)29(19-10-6-5-7-11-19)16-9-13-27(21,22)35-26/h8-9,12-13,19-22,31H,3-7,10-11,14-18H2,1-2H3/t20-,21+,22?,26+,27+/m1/s1. The summed E-state index contributed by atoms with van der Waals surface area (Å²) >= 11 is 0. The molecule has 0 aromatic heterocycles. The van der Waals surface area contributed by atoms with Crippen LogP contribution in [0.1, 0.15) is 58.8 Å². The number of carbonyl (C=O) groups excluding carboxylic acids is 3. The van der Waals surface area contributed by atoms with E-state index in [9.17, 15) is 19.5 Å². The van der Waals surface area contributed by atoms with Gasteiger partial charge < -0.3 is 24.5 Å². The highest BCUT2D eigenvalue weighted by Crippen LogP contribution is 2.58. The van der Waals surface area contributed by atoms with Crippen LogP contribution in [0.4, 0.5) is 0 Å². The lowest BCUT2D eigenvalue weighted by molar-refractivity contribution is -0.156. The number of rotatable bonds is 6. The molecule has 0 aromatic rings. The topological polar surface area (TPSA) is 90.4 Å². The van der Waals surface area contributed by atoms with E-state index in [1.54, 1.807) is 0 Å². The second-order valence-corrected chi connectivity index (χ2v) is 10.7. The number of amides is 3. The lowest BCUT2D eigenvalue weighted by Crippen LogP contribution is -2.58. The van der Waals surface area contributed by atoms with Gasteiger partial charge in [0, 0.05) is 32.2 Å². The van der Waals surface area contributed by atoms with Gasteiger partial charge in [-0.1, -0.05) is 57.4 Å². The largest absolute Gasteiger partial charge is 0.395 e. The molecule has 1 unspecified atom stereocenters. The number of hydrogen-bond acceptors (Lipinski definition) is 5. The summed E-state index contributed by atoms with van der Waals surface area (Å²) in [5, 5.41) is 9.84. The van der Waals surface area contributed by atoms with Crippen molar-refractivity contribution in [2.24, 2.45) is 11.8 Å². The van der Waals surface area contributed by atoms with E-state index in [4.69, 9.17) is 4.74 Å². The van der Waals surface area contributed by atoms with Crippen molar-refractivity contribution in [3.63, 3.8) is 0 Å². The highest BCUT2D eigenvalue weighted by atomic mass is 16.5. The molecule has 3 fully saturated rings. The SMILES string of the molecule is CCCN1CC=C[C@]2(CC)O[C@]34C=CCN(C5CCCCC5)C(=O)C3N(CCO)C(=O)[C@@H]4[C@@H]2C1=O. The number of carbonyl (C=O) groups is 3.